The van der Waals surface area contributed by atoms with Gasteiger partial charge in [-0.2, -0.15) is 0 Å². The molecule has 1 heteroatoms. The Labute approximate surface area is 94.5 Å². The van der Waals surface area contributed by atoms with Crippen molar-refractivity contribution < 1.29 is 0 Å². The minimum absolute atomic E-state index is 1.04. The molecule has 4 bridgehead atoms. The molecule has 0 saturated heterocycles. The standard InChI is InChI=1S/C15H11N/c1-2-12-7-11-6-10-4-5-16-15(9-10)14(8-11)13(12)3-1/h1,3-5,7-9H,2,6H2. The minimum Gasteiger partial charge on any atom is -0.256 e. The largest absolute Gasteiger partial charge is 0.256 e. The minimum atomic E-state index is 1.04. The van der Waals surface area contributed by atoms with Gasteiger partial charge in [-0.15, -0.1) is 0 Å². The summed E-state index contributed by atoms with van der Waals surface area (Å²) in [5.74, 6) is 0. The van der Waals surface area contributed by atoms with Gasteiger partial charge in [0.15, 0.2) is 0 Å². The van der Waals surface area contributed by atoms with Crippen molar-refractivity contribution in [2.45, 2.75) is 12.8 Å². The van der Waals surface area contributed by atoms with E-state index in [2.05, 4.69) is 41.4 Å². The van der Waals surface area contributed by atoms with E-state index in [0.29, 0.717) is 0 Å². The summed E-state index contributed by atoms with van der Waals surface area (Å²) in [5.41, 5.74) is 8.04. The first-order valence-corrected chi connectivity index (χ1v) is 5.68. The van der Waals surface area contributed by atoms with Crippen LogP contribution in [0.1, 0.15) is 22.3 Å². The molecule has 1 nitrogen and oxygen atoms in total. The van der Waals surface area contributed by atoms with E-state index >= 15 is 0 Å². The molecular weight excluding hydrogens is 194 g/mol. The second kappa shape index (κ2) is 2.82. The average molecular weight is 205 g/mol. The van der Waals surface area contributed by atoms with Crippen molar-refractivity contribution in [3.63, 3.8) is 0 Å². The predicted molar refractivity (Wildman–Crippen MR) is 65.2 cm³/mol. The van der Waals surface area contributed by atoms with E-state index in [4.69, 9.17) is 0 Å². The zero-order chi connectivity index (χ0) is 10.5. The van der Waals surface area contributed by atoms with Gasteiger partial charge in [0.2, 0.25) is 0 Å². The Morgan fingerprint density at radius 3 is 3.06 bits per heavy atom. The maximum atomic E-state index is 4.49. The number of pyridine rings is 1. The molecule has 0 amide bonds. The SMILES string of the molecule is C1=Cc2c(cc3cc2-c2cc(ccn2)C3)C1. The highest BCUT2D eigenvalue weighted by Gasteiger charge is 2.17. The summed E-state index contributed by atoms with van der Waals surface area (Å²) in [6.07, 6.45) is 8.51. The summed E-state index contributed by atoms with van der Waals surface area (Å²) in [5, 5.41) is 0. The zero-order valence-corrected chi connectivity index (χ0v) is 8.90. The molecule has 0 N–H and O–H groups in total. The molecule has 2 aliphatic carbocycles. The second-order valence-electron chi connectivity index (χ2n) is 4.55. The molecule has 0 saturated carbocycles. The summed E-state index contributed by atoms with van der Waals surface area (Å²) >= 11 is 0. The normalized spacial score (nSPS) is 14.8. The lowest BCUT2D eigenvalue weighted by molar-refractivity contribution is 1.18. The molecule has 2 aromatic rings. The maximum absolute atomic E-state index is 4.49. The third kappa shape index (κ3) is 1.03. The molecule has 0 atom stereocenters. The van der Waals surface area contributed by atoms with Gasteiger partial charge in [0.05, 0.1) is 5.69 Å². The Bertz CT molecular complexity index is 623. The summed E-state index contributed by atoms with van der Waals surface area (Å²) < 4.78 is 0. The number of aromatic nitrogens is 1. The molecule has 16 heavy (non-hydrogen) atoms. The lowest BCUT2D eigenvalue weighted by Gasteiger charge is -2.07. The molecule has 0 fully saturated rings. The number of fused-ring (bicyclic) bond motifs is 7. The van der Waals surface area contributed by atoms with Gasteiger partial charge in [0.25, 0.3) is 0 Å². The van der Waals surface area contributed by atoms with Crippen LogP contribution in [0.5, 0.6) is 0 Å². The fourth-order valence-electron chi connectivity index (χ4n) is 2.73. The van der Waals surface area contributed by atoms with Gasteiger partial charge in [-0.25, -0.2) is 0 Å². The van der Waals surface area contributed by atoms with Crippen LogP contribution in [-0.2, 0) is 12.8 Å². The fourth-order valence-corrected chi connectivity index (χ4v) is 2.73. The van der Waals surface area contributed by atoms with Crippen LogP contribution in [-0.4, -0.2) is 4.98 Å². The van der Waals surface area contributed by atoms with E-state index < -0.39 is 0 Å². The van der Waals surface area contributed by atoms with Gasteiger partial charge in [-0.05, 0) is 53.3 Å². The van der Waals surface area contributed by atoms with Crippen LogP contribution in [0.2, 0.25) is 0 Å². The van der Waals surface area contributed by atoms with Gasteiger partial charge in [0, 0.05) is 11.8 Å². The van der Waals surface area contributed by atoms with E-state index in [1.165, 1.54) is 27.8 Å². The van der Waals surface area contributed by atoms with E-state index in [1.54, 1.807) is 0 Å². The Hall–Kier alpha value is -1.89. The van der Waals surface area contributed by atoms with Gasteiger partial charge in [0.1, 0.15) is 0 Å². The van der Waals surface area contributed by atoms with Gasteiger partial charge in [-0.1, -0.05) is 18.2 Å². The van der Waals surface area contributed by atoms with Crippen LogP contribution < -0.4 is 0 Å². The Balaban J connectivity index is 2.12. The van der Waals surface area contributed by atoms with Crippen molar-refractivity contribution in [1.29, 1.82) is 0 Å². The first kappa shape index (κ1) is 8.28. The molecule has 4 rings (SSSR count). The summed E-state index contributed by atoms with van der Waals surface area (Å²) in [6.45, 7) is 0. The highest BCUT2D eigenvalue weighted by atomic mass is 14.7. The van der Waals surface area contributed by atoms with Crippen LogP contribution in [0, 0.1) is 0 Å². The zero-order valence-electron chi connectivity index (χ0n) is 8.90. The molecule has 1 aromatic heterocycles. The third-order valence-corrected chi connectivity index (χ3v) is 3.46. The molecule has 0 spiro atoms. The maximum Gasteiger partial charge on any atom is 0.0711 e. The lowest BCUT2D eigenvalue weighted by atomic mass is 9.98. The number of allylic oxidation sites excluding steroid dienone is 1. The van der Waals surface area contributed by atoms with Crippen molar-refractivity contribution in [2.75, 3.05) is 0 Å². The molecule has 1 heterocycles. The second-order valence-corrected chi connectivity index (χ2v) is 4.55. The van der Waals surface area contributed by atoms with Gasteiger partial charge >= 0.3 is 0 Å². The van der Waals surface area contributed by atoms with Crippen molar-refractivity contribution in [3.05, 3.63) is 58.8 Å². The quantitative estimate of drug-likeness (QED) is 0.549. The van der Waals surface area contributed by atoms with Crippen LogP contribution in [0.25, 0.3) is 17.3 Å². The molecule has 1 aromatic carbocycles. The smallest absolute Gasteiger partial charge is 0.0711 e. The average Bonchev–Trinajstić information content (AvgIpc) is 2.72. The molecule has 76 valence electrons. The van der Waals surface area contributed by atoms with Crippen molar-refractivity contribution >= 4 is 6.08 Å². The summed E-state index contributed by atoms with van der Waals surface area (Å²) in [6, 6.07) is 8.97. The number of benzene rings is 1. The van der Waals surface area contributed by atoms with E-state index in [9.17, 15) is 0 Å². The molecule has 0 aliphatic heterocycles. The number of hydrogen-bond donors (Lipinski definition) is 0. The van der Waals surface area contributed by atoms with Crippen molar-refractivity contribution in [2.24, 2.45) is 0 Å². The van der Waals surface area contributed by atoms with Crippen LogP contribution in [0.3, 0.4) is 0 Å². The number of nitrogens with zero attached hydrogens (tertiary/aromatic N) is 1. The predicted octanol–water partition coefficient (Wildman–Crippen LogP) is 3.22. The summed E-state index contributed by atoms with van der Waals surface area (Å²) in [4.78, 5) is 4.49. The highest BCUT2D eigenvalue weighted by molar-refractivity contribution is 5.79. The first-order valence-electron chi connectivity index (χ1n) is 5.68. The molecule has 2 aliphatic rings. The number of rotatable bonds is 0. The van der Waals surface area contributed by atoms with Gasteiger partial charge in [-0.3, -0.25) is 4.98 Å². The van der Waals surface area contributed by atoms with Crippen molar-refractivity contribution in [3.8, 4) is 11.3 Å². The van der Waals surface area contributed by atoms with Crippen LogP contribution in [0.15, 0.2) is 36.5 Å². The van der Waals surface area contributed by atoms with E-state index in [0.717, 1.165) is 18.5 Å². The molecular formula is C15H11N. The van der Waals surface area contributed by atoms with Crippen LogP contribution in [0.4, 0.5) is 0 Å². The fraction of sp³-hybridized carbons (Fsp3) is 0.133. The first-order chi connectivity index (χ1) is 7.90. The van der Waals surface area contributed by atoms with E-state index in [-0.39, 0.29) is 0 Å². The Morgan fingerprint density at radius 1 is 1.06 bits per heavy atom. The van der Waals surface area contributed by atoms with E-state index in [1.807, 2.05) is 6.20 Å². The monoisotopic (exact) mass is 205 g/mol. The summed E-state index contributed by atoms with van der Waals surface area (Å²) in [7, 11) is 0. The lowest BCUT2D eigenvalue weighted by Crippen LogP contribution is -1.90. The Kier molecular flexibility index (Phi) is 1.46. The number of hydrogen-bond acceptors (Lipinski definition) is 1. The molecule has 0 unspecified atom stereocenters. The molecule has 0 radical (unpaired) electrons. The Morgan fingerprint density at radius 2 is 2.06 bits per heavy atom. The third-order valence-electron chi connectivity index (χ3n) is 3.46. The van der Waals surface area contributed by atoms with Crippen molar-refractivity contribution in [1.82, 2.24) is 4.98 Å². The topological polar surface area (TPSA) is 12.9 Å². The van der Waals surface area contributed by atoms with Gasteiger partial charge < -0.3 is 0 Å². The van der Waals surface area contributed by atoms with Crippen LogP contribution >= 0.6 is 0 Å². The highest BCUT2D eigenvalue weighted by Crippen LogP contribution is 2.34.